The maximum Gasteiger partial charge on any atom is 0.274 e. The smallest absolute Gasteiger partial charge is 0.274 e. The largest absolute Gasteiger partial charge is 0.393 e. The van der Waals surface area contributed by atoms with E-state index in [0.29, 0.717) is 17.2 Å². The first-order valence-electron chi connectivity index (χ1n) is 9.47. The van der Waals surface area contributed by atoms with Gasteiger partial charge in [-0.3, -0.25) is 14.7 Å². The van der Waals surface area contributed by atoms with Gasteiger partial charge in [0.05, 0.1) is 17.0 Å². The molecule has 0 spiro atoms. The second-order valence-corrected chi connectivity index (χ2v) is 7.61. The highest BCUT2D eigenvalue weighted by Gasteiger charge is 2.39. The lowest BCUT2D eigenvalue weighted by molar-refractivity contribution is -0.124. The number of aromatic amines is 1. The number of halogens is 1. The number of aliphatic hydroxyl groups excluding tert-OH is 1. The van der Waals surface area contributed by atoms with Crippen LogP contribution in [0.5, 0.6) is 0 Å². The van der Waals surface area contributed by atoms with Crippen LogP contribution in [0.25, 0.3) is 10.9 Å². The van der Waals surface area contributed by atoms with Crippen molar-refractivity contribution < 1.29 is 9.90 Å². The van der Waals surface area contributed by atoms with E-state index < -0.39 is 0 Å². The van der Waals surface area contributed by atoms with Crippen LogP contribution in [0.2, 0.25) is 0 Å². The number of H-pyrrole nitrogens is 1. The molecule has 7 nitrogen and oxygen atoms in total. The standard InChI is InChI=1S/C19H26N4O3.ClH/c24-14-9-13(10-14)18(12-5-7-20-8-6-12)21-17(25)11-23-19(26)15-3-1-2-4-16(15)22-23;/h1-4,12-14,18,20,22,24H,5-11H2,(H,21,25);1H. The number of aromatic nitrogens is 2. The lowest BCUT2D eigenvalue weighted by atomic mass is 9.71. The highest BCUT2D eigenvalue weighted by atomic mass is 35.5. The van der Waals surface area contributed by atoms with Crippen LogP contribution in [-0.2, 0) is 11.3 Å². The lowest BCUT2D eigenvalue weighted by Crippen LogP contribution is -2.53. The zero-order valence-corrected chi connectivity index (χ0v) is 16.0. The average Bonchev–Trinajstić information content (AvgIpc) is 2.94. The molecule has 1 aliphatic carbocycles. The van der Waals surface area contributed by atoms with E-state index >= 15 is 0 Å². The molecule has 8 heteroatoms. The van der Waals surface area contributed by atoms with Crippen molar-refractivity contribution in [2.75, 3.05) is 13.1 Å². The Kier molecular flexibility index (Phi) is 6.24. The van der Waals surface area contributed by atoms with Crippen molar-refractivity contribution in [1.29, 1.82) is 0 Å². The molecule has 4 rings (SSSR count). The molecule has 1 saturated carbocycles. The molecule has 1 atom stereocenters. The van der Waals surface area contributed by atoms with Gasteiger partial charge in [0.15, 0.2) is 0 Å². The van der Waals surface area contributed by atoms with Gasteiger partial charge in [0.2, 0.25) is 5.91 Å². The molecule has 2 aliphatic rings. The van der Waals surface area contributed by atoms with Crippen molar-refractivity contribution >= 4 is 29.2 Å². The SMILES string of the molecule is Cl.O=C(Cn1[nH]c2ccccc2c1=O)NC(C1CCNCC1)C1CC(O)C1. The molecule has 1 saturated heterocycles. The van der Waals surface area contributed by atoms with E-state index in [1.54, 1.807) is 6.07 Å². The van der Waals surface area contributed by atoms with E-state index in [-0.39, 0.29) is 42.6 Å². The molecule has 1 aromatic carbocycles. The van der Waals surface area contributed by atoms with Crippen molar-refractivity contribution in [1.82, 2.24) is 20.4 Å². The molecular weight excluding hydrogens is 368 g/mol. The Morgan fingerprint density at radius 1 is 1.22 bits per heavy atom. The molecular formula is C19H27ClN4O3. The predicted octanol–water partition coefficient (Wildman–Crippen LogP) is 1.01. The summed E-state index contributed by atoms with van der Waals surface area (Å²) in [7, 11) is 0. The zero-order chi connectivity index (χ0) is 18.1. The van der Waals surface area contributed by atoms with Gasteiger partial charge in [0.1, 0.15) is 6.54 Å². The van der Waals surface area contributed by atoms with Gasteiger partial charge in [-0.2, -0.15) is 0 Å². The van der Waals surface area contributed by atoms with Gasteiger partial charge in [-0.25, -0.2) is 4.68 Å². The maximum atomic E-state index is 12.7. The van der Waals surface area contributed by atoms with Crippen LogP contribution in [0.1, 0.15) is 25.7 Å². The Labute approximate surface area is 163 Å². The fourth-order valence-corrected chi connectivity index (χ4v) is 4.34. The number of hydrogen-bond donors (Lipinski definition) is 4. The van der Waals surface area contributed by atoms with E-state index in [2.05, 4.69) is 15.7 Å². The highest BCUT2D eigenvalue weighted by Crippen LogP contribution is 2.35. The third-order valence-corrected chi connectivity index (χ3v) is 5.84. The van der Waals surface area contributed by atoms with E-state index in [9.17, 15) is 14.7 Å². The summed E-state index contributed by atoms with van der Waals surface area (Å²) in [4.78, 5) is 25.1. The zero-order valence-electron chi connectivity index (χ0n) is 15.2. The summed E-state index contributed by atoms with van der Waals surface area (Å²) in [5.74, 6) is 0.609. The summed E-state index contributed by atoms with van der Waals surface area (Å²) in [6.07, 6.45) is 3.33. The molecule has 1 unspecified atom stereocenters. The van der Waals surface area contributed by atoms with Crippen LogP contribution in [0.3, 0.4) is 0 Å². The van der Waals surface area contributed by atoms with Crippen molar-refractivity contribution in [2.24, 2.45) is 11.8 Å². The number of nitrogens with zero attached hydrogens (tertiary/aromatic N) is 1. The van der Waals surface area contributed by atoms with Crippen LogP contribution in [0, 0.1) is 11.8 Å². The van der Waals surface area contributed by atoms with Gasteiger partial charge in [-0.1, -0.05) is 12.1 Å². The Morgan fingerprint density at radius 2 is 1.93 bits per heavy atom. The normalized spacial score (nSPS) is 24.0. The van der Waals surface area contributed by atoms with Gasteiger partial charge >= 0.3 is 0 Å². The number of piperidine rings is 1. The van der Waals surface area contributed by atoms with E-state index in [4.69, 9.17) is 0 Å². The Bertz CT molecular complexity index is 837. The van der Waals surface area contributed by atoms with E-state index in [0.717, 1.165) is 44.3 Å². The molecule has 2 aromatic rings. The fourth-order valence-electron chi connectivity index (χ4n) is 4.34. The average molecular weight is 395 g/mol. The number of fused-ring (bicyclic) bond motifs is 1. The summed E-state index contributed by atoms with van der Waals surface area (Å²) in [5.41, 5.74) is 0.565. The number of carbonyl (C=O) groups excluding carboxylic acids is 1. The van der Waals surface area contributed by atoms with Crippen molar-refractivity contribution in [3.05, 3.63) is 34.6 Å². The van der Waals surface area contributed by atoms with Crippen LogP contribution in [0.4, 0.5) is 0 Å². The summed E-state index contributed by atoms with van der Waals surface area (Å²) in [5, 5.41) is 19.8. The second-order valence-electron chi connectivity index (χ2n) is 7.61. The van der Waals surface area contributed by atoms with Gasteiger partial charge in [-0.05, 0) is 62.7 Å². The van der Waals surface area contributed by atoms with E-state index in [1.165, 1.54) is 4.68 Å². The third-order valence-electron chi connectivity index (χ3n) is 5.84. The van der Waals surface area contributed by atoms with E-state index in [1.807, 2.05) is 18.2 Å². The van der Waals surface area contributed by atoms with Gasteiger partial charge < -0.3 is 15.7 Å². The minimum atomic E-state index is -0.238. The number of benzene rings is 1. The van der Waals surface area contributed by atoms with Gasteiger partial charge in [0.25, 0.3) is 5.56 Å². The molecule has 4 N–H and O–H groups in total. The number of carbonyl (C=O) groups is 1. The molecule has 27 heavy (non-hydrogen) atoms. The Morgan fingerprint density at radius 3 is 2.59 bits per heavy atom. The van der Waals surface area contributed by atoms with Crippen LogP contribution < -0.4 is 16.2 Å². The van der Waals surface area contributed by atoms with Crippen LogP contribution in [0.15, 0.2) is 29.1 Å². The topological polar surface area (TPSA) is 99.2 Å². The van der Waals surface area contributed by atoms with Gasteiger partial charge in [-0.15, -0.1) is 12.4 Å². The molecule has 148 valence electrons. The number of hydrogen-bond acceptors (Lipinski definition) is 4. The number of amides is 1. The summed E-state index contributed by atoms with van der Waals surface area (Å²) in [6.45, 7) is 1.92. The second kappa shape index (κ2) is 8.46. The monoisotopic (exact) mass is 394 g/mol. The summed E-state index contributed by atoms with van der Waals surface area (Å²) < 4.78 is 1.37. The molecule has 1 aromatic heterocycles. The lowest BCUT2D eigenvalue weighted by Gasteiger charge is -2.43. The Balaban J connectivity index is 0.00000210. The number of nitrogens with one attached hydrogen (secondary N) is 3. The first-order valence-corrected chi connectivity index (χ1v) is 9.47. The van der Waals surface area contributed by atoms with Crippen molar-refractivity contribution in [3.63, 3.8) is 0 Å². The molecule has 2 fully saturated rings. The molecule has 0 bridgehead atoms. The third kappa shape index (κ3) is 4.20. The highest BCUT2D eigenvalue weighted by molar-refractivity contribution is 5.85. The fraction of sp³-hybridized carbons (Fsp3) is 0.579. The van der Waals surface area contributed by atoms with Gasteiger partial charge in [0, 0.05) is 6.04 Å². The number of para-hydroxylation sites is 1. The molecule has 2 heterocycles. The molecule has 1 aliphatic heterocycles. The number of aliphatic hydroxyl groups is 1. The number of rotatable bonds is 5. The minimum absolute atomic E-state index is 0. The van der Waals surface area contributed by atoms with Crippen LogP contribution in [-0.4, -0.2) is 46.0 Å². The minimum Gasteiger partial charge on any atom is -0.393 e. The van der Waals surface area contributed by atoms with Crippen LogP contribution >= 0.6 is 12.4 Å². The predicted molar refractivity (Wildman–Crippen MR) is 106 cm³/mol. The summed E-state index contributed by atoms with van der Waals surface area (Å²) in [6, 6.07) is 7.34. The molecule has 0 radical (unpaired) electrons. The Hall–Kier alpha value is -1.83. The first kappa shape index (κ1) is 19.9. The first-order chi connectivity index (χ1) is 12.6. The maximum absolute atomic E-state index is 12.7. The molecule has 1 amide bonds. The van der Waals surface area contributed by atoms with Crippen molar-refractivity contribution in [2.45, 2.75) is 44.4 Å². The quantitative estimate of drug-likeness (QED) is 0.608. The summed E-state index contributed by atoms with van der Waals surface area (Å²) >= 11 is 0. The van der Waals surface area contributed by atoms with Crippen molar-refractivity contribution in [3.8, 4) is 0 Å².